The van der Waals surface area contributed by atoms with Crippen molar-refractivity contribution in [3.8, 4) is 0 Å². The molecule has 0 aliphatic carbocycles. The number of benzene rings is 3. The van der Waals surface area contributed by atoms with Gasteiger partial charge in [-0.3, -0.25) is 9.10 Å². The number of anilines is 2. The quantitative estimate of drug-likeness (QED) is 0.566. The summed E-state index contributed by atoms with van der Waals surface area (Å²) >= 11 is 0. The first-order valence-corrected chi connectivity index (χ1v) is 12.6. The molecule has 3 aromatic rings. The van der Waals surface area contributed by atoms with Crippen LogP contribution in [0.1, 0.15) is 34.3 Å². The molecule has 1 saturated heterocycles. The van der Waals surface area contributed by atoms with Crippen LogP contribution in [0.2, 0.25) is 0 Å². The Kier molecular flexibility index (Phi) is 6.70. The number of nitrogens with zero attached hydrogens (tertiary/aromatic N) is 2. The second-order valence-electron chi connectivity index (χ2n) is 8.38. The average molecular weight is 464 g/mol. The first kappa shape index (κ1) is 22.9. The Bertz CT molecular complexity index is 1200. The highest BCUT2D eigenvalue weighted by Crippen LogP contribution is 2.23. The lowest BCUT2D eigenvalue weighted by atomic mass is 10.1. The van der Waals surface area contributed by atoms with Crippen molar-refractivity contribution in [2.24, 2.45) is 0 Å². The van der Waals surface area contributed by atoms with Gasteiger partial charge in [0.25, 0.3) is 15.9 Å². The van der Waals surface area contributed by atoms with Crippen LogP contribution in [0.15, 0.2) is 77.7 Å². The second-order valence-corrected chi connectivity index (χ2v) is 10.3. The first-order valence-electron chi connectivity index (χ1n) is 11.1. The zero-order valence-corrected chi connectivity index (χ0v) is 19.8. The minimum Gasteiger partial charge on any atom is -0.372 e. The summed E-state index contributed by atoms with van der Waals surface area (Å²) in [7, 11) is -2.16. The summed E-state index contributed by atoms with van der Waals surface area (Å²) < 4.78 is 27.0. The molecule has 0 radical (unpaired) electrons. The van der Waals surface area contributed by atoms with Gasteiger partial charge in [-0.2, -0.15) is 0 Å². The van der Waals surface area contributed by atoms with Crippen LogP contribution < -0.4 is 14.5 Å². The van der Waals surface area contributed by atoms with Gasteiger partial charge in [-0.25, -0.2) is 8.42 Å². The molecule has 0 atom stereocenters. The molecule has 1 amide bonds. The van der Waals surface area contributed by atoms with Crippen LogP contribution in [0.4, 0.5) is 11.4 Å². The Hall–Kier alpha value is -3.32. The van der Waals surface area contributed by atoms with Gasteiger partial charge in [-0.05, 0) is 73.9 Å². The highest BCUT2D eigenvalue weighted by molar-refractivity contribution is 7.92. The smallest absolute Gasteiger partial charge is 0.264 e. The molecule has 1 aliphatic heterocycles. The van der Waals surface area contributed by atoms with Crippen molar-refractivity contribution >= 4 is 27.3 Å². The lowest BCUT2D eigenvalue weighted by Gasteiger charge is -2.20. The van der Waals surface area contributed by atoms with Gasteiger partial charge in [0, 0.05) is 37.9 Å². The third-order valence-electron chi connectivity index (χ3n) is 6.03. The SMILES string of the molecule is Cc1ccc(S(=O)(=O)N(C)c2ccc(C(=O)NCc3ccc(N4CCCC4)cc3)cc2)cc1. The summed E-state index contributed by atoms with van der Waals surface area (Å²) in [5, 5.41) is 2.93. The lowest BCUT2D eigenvalue weighted by molar-refractivity contribution is 0.0951. The van der Waals surface area contributed by atoms with Crippen LogP contribution in [0, 0.1) is 6.92 Å². The van der Waals surface area contributed by atoms with Crippen molar-refractivity contribution in [3.05, 3.63) is 89.5 Å². The Morgan fingerprint density at radius 2 is 1.52 bits per heavy atom. The van der Waals surface area contributed by atoms with Gasteiger partial charge in [-0.15, -0.1) is 0 Å². The van der Waals surface area contributed by atoms with E-state index < -0.39 is 10.0 Å². The minimum atomic E-state index is -3.67. The second kappa shape index (κ2) is 9.67. The molecule has 7 heteroatoms. The number of hydrogen-bond donors (Lipinski definition) is 1. The van der Waals surface area contributed by atoms with E-state index in [2.05, 4.69) is 22.3 Å². The summed E-state index contributed by atoms with van der Waals surface area (Å²) in [5.74, 6) is -0.200. The van der Waals surface area contributed by atoms with Crippen LogP contribution in [-0.4, -0.2) is 34.5 Å². The molecule has 1 aliphatic rings. The number of rotatable bonds is 7. The molecule has 4 rings (SSSR count). The number of sulfonamides is 1. The molecule has 6 nitrogen and oxygen atoms in total. The summed E-state index contributed by atoms with van der Waals surface area (Å²) in [6, 6.07) is 21.6. The highest BCUT2D eigenvalue weighted by atomic mass is 32.2. The minimum absolute atomic E-state index is 0.200. The van der Waals surface area contributed by atoms with Gasteiger partial charge in [0.15, 0.2) is 0 Å². The van der Waals surface area contributed by atoms with E-state index in [0.717, 1.165) is 24.2 Å². The van der Waals surface area contributed by atoms with Crippen molar-refractivity contribution in [1.29, 1.82) is 0 Å². The molecule has 33 heavy (non-hydrogen) atoms. The van der Waals surface area contributed by atoms with Gasteiger partial charge in [0.1, 0.15) is 0 Å². The molecule has 1 N–H and O–H groups in total. The lowest BCUT2D eigenvalue weighted by Crippen LogP contribution is -2.27. The van der Waals surface area contributed by atoms with Crippen LogP contribution in [0.5, 0.6) is 0 Å². The summed E-state index contributed by atoms with van der Waals surface area (Å²) in [4.78, 5) is 15.2. The molecule has 0 saturated carbocycles. The van der Waals surface area contributed by atoms with Crippen LogP contribution >= 0.6 is 0 Å². The molecule has 1 fully saturated rings. The van der Waals surface area contributed by atoms with E-state index in [1.807, 2.05) is 19.1 Å². The van der Waals surface area contributed by atoms with Crippen molar-refractivity contribution < 1.29 is 13.2 Å². The summed E-state index contributed by atoms with van der Waals surface area (Å²) in [6.45, 7) is 4.55. The van der Waals surface area contributed by atoms with E-state index in [9.17, 15) is 13.2 Å². The largest absolute Gasteiger partial charge is 0.372 e. The number of amides is 1. The average Bonchev–Trinajstić information content (AvgIpc) is 3.38. The Morgan fingerprint density at radius 1 is 0.909 bits per heavy atom. The molecule has 0 spiro atoms. The van der Waals surface area contributed by atoms with Gasteiger partial charge in [-0.1, -0.05) is 29.8 Å². The van der Waals surface area contributed by atoms with Crippen molar-refractivity contribution in [2.45, 2.75) is 31.2 Å². The maximum absolute atomic E-state index is 12.9. The van der Waals surface area contributed by atoms with Gasteiger partial charge in [0.05, 0.1) is 10.6 Å². The molecule has 3 aromatic carbocycles. The maximum Gasteiger partial charge on any atom is 0.264 e. The third kappa shape index (κ3) is 5.20. The summed E-state index contributed by atoms with van der Waals surface area (Å²) in [6.07, 6.45) is 2.48. The Balaban J connectivity index is 1.37. The zero-order chi connectivity index (χ0) is 23.4. The van der Waals surface area contributed by atoms with Gasteiger partial charge in [0.2, 0.25) is 0 Å². The van der Waals surface area contributed by atoms with Gasteiger partial charge < -0.3 is 10.2 Å². The Morgan fingerprint density at radius 3 is 2.12 bits per heavy atom. The van der Waals surface area contributed by atoms with E-state index in [4.69, 9.17) is 0 Å². The standard InChI is InChI=1S/C26H29N3O3S/c1-20-5-15-25(16-6-20)33(31,32)28(2)23-13-9-22(10-14-23)26(30)27-19-21-7-11-24(12-8-21)29-17-3-4-18-29/h5-16H,3-4,17-19H2,1-2H3,(H,27,30). The predicted octanol–water partition coefficient (Wildman–Crippen LogP) is 4.35. The van der Waals surface area contributed by atoms with Crippen LogP contribution in [-0.2, 0) is 16.6 Å². The van der Waals surface area contributed by atoms with E-state index in [1.165, 1.54) is 29.9 Å². The van der Waals surface area contributed by atoms with Crippen LogP contribution in [0.25, 0.3) is 0 Å². The molecule has 0 aromatic heterocycles. The molecule has 172 valence electrons. The Labute approximate surface area is 195 Å². The molecule has 1 heterocycles. The van der Waals surface area contributed by atoms with Crippen molar-refractivity contribution in [2.75, 3.05) is 29.3 Å². The van der Waals surface area contributed by atoms with Crippen molar-refractivity contribution in [3.63, 3.8) is 0 Å². The van der Waals surface area contributed by atoms with E-state index >= 15 is 0 Å². The molecular formula is C26H29N3O3S. The topological polar surface area (TPSA) is 69.7 Å². The van der Waals surface area contributed by atoms with Crippen molar-refractivity contribution in [1.82, 2.24) is 5.32 Å². The molecule has 0 unspecified atom stereocenters. The number of carbonyl (C=O) groups is 1. The van der Waals surface area contributed by atoms with E-state index in [0.29, 0.717) is 17.8 Å². The highest BCUT2D eigenvalue weighted by Gasteiger charge is 2.21. The fourth-order valence-corrected chi connectivity index (χ4v) is 5.11. The van der Waals surface area contributed by atoms with Crippen LogP contribution in [0.3, 0.4) is 0 Å². The van der Waals surface area contributed by atoms with Gasteiger partial charge >= 0.3 is 0 Å². The fourth-order valence-electron chi connectivity index (χ4n) is 3.91. The number of carbonyl (C=O) groups excluding carboxylic acids is 1. The zero-order valence-electron chi connectivity index (χ0n) is 19.0. The predicted molar refractivity (Wildman–Crippen MR) is 132 cm³/mol. The fraction of sp³-hybridized carbons (Fsp3) is 0.269. The molecular weight excluding hydrogens is 434 g/mol. The van der Waals surface area contributed by atoms with E-state index in [-0.39, 0.29) is 10.8 Å². The maximum atomic E-state index is 12.9. The monoisotopic (exact) mass is 463 g/mol. The number of nitrogens with one attached hydrogen (secondary N) is 1. The number of aryl methyl sites for hydroxylation is 1. The summed E-state index contributed by atoms with van der Waals surface area (Å²) in [5.41, 5.74) is 4.22. The number of hydrogen-bond acceptors (Lipinski definition) is 4. The first-order chi connectivity index (χ1) is 15.8. The molecule has 0 bridgehead atoms. The normalized spacial score (nSPS) is 13.7. The van der Waals surface area contributed by atoms with E-state index in [1.54, 1.807) is 48.5 Å². The third-order valence-corrected chi connectivity index (χ3v) is 7.83.